The largest absolute Gasteiger partial charge is 0.311 e. The molecule has 0 saturated heterocycles. The van der Waals surface area contributed by atoms with E-state index in [9.17, 15) is 0 Å². The lowest BCUT2D eigenvalue weighted by Crippen LogP contribution is -2.54. The first-order chi connectivity index (χ1) is 21.1. The van der Waals surface area contributed by atoms with Gasteiger partial charge in [-0.1, -0.05) is 126 Å². The van der Waals surface area contributed by atoms with Crippen molar-refractivity contribution in [2.24, 2.45) is 0 Å². The SMILES string of the molecule is CC(C)(C)c1ccc2c(c1)-c1cccc3c1B2c1ccc(C(C)(C)C)cc1N3c1cc2c3c(c1)CC=C1C=CC=C(C=C2)C13. The van der Waals surface area contributed by atoms with Crippen molar-refractivity contribution in [3.63, 3.8) is 0 Å². The van der Waals surface area contributed by atoms with Crippen molar-refractivity contribution in [2.45, 2.75) is 64.7 Å². The Balaban J connectivity index is 1.30. The molecule has 44 heavy (non-hydrogen) atoms. The van der Waals surface area contributed by atoms with Gasteiger partial charge in [-0.05, 0) is 103 Å². The molecule has 0 saturated carbocycles. The van der Waals surface area contributed by atoms with Gasteiger partial charge in [-0.25, -0.2) is 0 Å². The van der Waals surface area contributed by atoms with Gasteiger partial charge in [0.1, 0.15) is 0 Å². The molecule has 0 fully saturated rings. The zero-order valence-corrected chi connectivity index (χ0v) is 26.6. The van der Waals surface area contributed by atoms with E-state index in [0.29, 0.717) is 5.92 Å². The molecule has 2 heterocycles. The van der Waals surface area contributed by atoms with E-state index >= 15 is 0 Å². The van der Waals surface area contributed by atoms with Gasteiger partial charge in [0.2, 0.25) is 6.71 Å². The van der Waals surface area contributed by atoms with Crippen LogP contribution in [0.15, 0.2) is 108 Å². The van der Waals surface area contributed by atoms with Crippen LogP contribution in [-0.4, -0.2) is 6.71 Å². The van der Waals surface area contributed by atoms with Gasteiger partial charge in [-0.3, -0.25) is 0 Å². The molecule has 1 atom stereocenters. The number of hydrogen-bond donors (Lipinski definition) is 0. The van der Waals surface area contributed by atoms with E-state index in [2.05, 4.69) is 150 Å². The molecule has 3 aliphatic carbocycles. The Labute approximate surface area is 262 Å². The second kappa shape index (κ2) is 8.66. The van der Waals surface area contributed by atoms with Crippen LogP contribution in [0.5, 0.6) is 0 Å². The van der Waals surface area contributed by atoms with Crippen LogP contribution < -0.4 is 21.3 Å². The maximum Gasteiger partial charge on any atom is 0.248 e. The lowest BCUT2D eigenvalue weighted by molar-refractivity contribution is 0.590. The summed E-state index contributed by atoms with van der Waals surface area (Å²) in [5, 5.41) is 0. The number of allylic oxidation sites excluding steroid dienone is 7. The van der Waals surface area contributed by atoms with E-state index in [1.807, 2.05) is 0 Å². The number of nitrogens with zero attached hydrogens (tertiary/aromatic N) is 1. The fourth-order valence-corrected chi connectivity index (χ4v) is 8.38. The van der Waals surface area contributed by atoms with Gasteiger partial charge in [0, 0.05) is 23.0 Å². The van der Waals surface area contributed by atoms with Gasteiger partial charge in [0.15, 0.2) is 0 Å². The molecule has 2 heteroatoms. The molecule has 0 amide bonds. The van der Waals surface area contributed by atoms with Gasteiger partial charge in [0.25, 0.3) is 0 Å². The summed E-state index contributed by atoms with van der Waals surface area (Å²) in [6.45, 7) is 14.2. The van der Waals surface area contributed by atoms with Crippen LogP contribution in [0.4, 0.5) is 17.1 Å². The van der Waals surface area contributed by atoms with Crippen LogP contribution in [0.25, 0.3) is 17.2 Å². The van der Waals surface area contributed by atoms with Crippen LogP contribution in [0.3, 0.4) is 0 Å². The van der Waals surface area contributed by atoms with Gasteiger partial charge in [0.05, 0.1) is 0 Å². The summed E-state index contributed by atoms with van der Waals surface area (Å²) in [4.78, 5) is 2.59. The van der Waals surface area contributed by atoms with E-state index in [-0.39, 0.29) is 17.5 Å². The summed E-state index contributed by atoms with van der Waals surface area (Å²) in [5.74, 6) is 0.371. The van der Waals surface area contributed by atoms with Crippen LogP contribution in [0.2, 0.25) is 0 Å². The summed E-state index contributed by atoms with van der Waals surface area (Å²) in [7, 11) is 0. The monoisotopic (exact) mass is 567 g/mol. The Kier molecular flexibility index (Phi) is 5.15. The standard InChI is InChI=1S/C42H38BN/c1-41(2,3)29-17-19-34-33(23-29)32-11-8-12-36-40(32)43(34)35-20-18-30(42(4,5)6)24-37(35)44(36)31-21-27-15-13-25-9-7-10-26-14-16-28(22-31)39(27)38(25)26/h7-15,17-24,38H,16H2,1-6H3. The van der Waals surface area contributed by atoms with Crippen LogP contribution in [-0.2, 0) is 17.3 Å². The third-order valence-corrected chi connectivity index (χ3v) is 10.7. The molecule has 4 aromatic rings. The zero-order valence-electron chi connectivity index (χ0n) is 26.6. The maximum atomic E-state index is 2.59. The summed E-state index contributed by atoms with van der Waals surface area (Å²) >= 11 is 0. The number of rotatable bonds is 1. The number of hydrogen-bond acceptors (Lipinski definition) is 1. The van der Waals surface area contributed by atoms with Crippen molar-refractivity contribution in [2.75, 3.05) is 4.90 Å². The first-order valence-corrected chi connectivity index (χ1v) is 16.2. The molecule has 0 bridgehead atoms. The lowest BCUT2D eigenvalue weighted by Gasteiger charge is -2.39. The molecule has 5 aliphatic rings. The zero-order chi connectivity index (χ0) is 30.1. The summed E-state index contributed by atoms with van der Waals surface area (Å²) in [6.07, 6.45) is 14.9. The highest BCUT2D eigenvalue weighted by molar-refractivity contribution is 7.01. The average Bonchev–Trinajstić information content (AvgIpc) is 3.34. The minimum Gasteiger partial charge on any atom is -0.311 e. The maximum absolute atomic E-state index is 2.59. The first-order valence-electron chi connectivity index (χ1n) is 16.2. The Morgan fingerprint density at radius 1 is 0.705 bits per heavy atom. The van der Waals surface area contributed by atoms with Crippen LogP contribution >= 0.6 is 0 Å². The van der Waals surface area contributed by atoms with Gasteiger partial charge in [-0.15, -0.1) is 0 Å². The highest BCUT2D eigenvalue weighted by atomic mass is 15.2. The topological polar surface area (TPSA) is 3.24 Å². The predicted octanol–water partition coefficient (Wildman–Crippen LogP) is 8.65. The molecule has 0 radical (unpaired) electrons. The van der Waals surface area contributed by atoms with Gasteiger partial charge < -0.3 is 4.90 Å². The first kappa shape index (κ1) is 26.1. The third-order valence-electron chi connectivity index (χ3n) is 10.7. The number of anilines is 3. The Morgan fingerprint density at radius 3 is 2.27 bits per heavy atom. The minimum atomic E-state index is 0.0566. The molecular formula is C42H38BN. The van der Waals surface area contributed by atoms with Crippen molar-refractivity contribution < 1.29 is 0 Å². The minimum absolute atomic E-state index is 0.0566. The quantitative estimate of drug-likeness (QED) is 0.180. The Morgan fingerprint density at radius 2 is 1.48 bits per heavy atom. The Hall–Kier alpha value is -4.30. The van der Waals surface area contributed by atoms with Gasteiger partial charge in [-0.2, -0.15) is 0 Å². The number of fused-ring (bicyclic) bond motifs is 5. The van der Waals surface area contributed by atoms with Crippen molar-refractivity contribution in [3.05, 3.63) is 136 Å². The second-order valence-corrected chi connectivity index (χ2v) is 15.4. The highest BCUT2D eigenvalue weighted by Crippen LogP contribution is 2.49. The molecule has 0 aromatic heterocycles. The molecule has 0 spiro atoms. The van der Waals surface area contributed by atoms with E-state index in [1.54, 1.807) is 0 Å². The van der Waals surface area contributed by atoms with Crippen LogP contribution in [0.1, 0.15) is 75.3 Å². The summed E-state index contributed by atoms with van der Waals surface area (Å²) in [6, 6.07) is 26.5. The number of benzene rings is 4. The van der Waals surface area contributed by atoms with E-state index in [4.69, 9.17) is 0 Å². The highest BCUT2D eigenvalue weighted by Gasteiger charge is 2.43. The molecule has 2 aliphatic heterocycles. The lowest BCUT2D eigenvalue weighted by atomic mass is 9.37. The smallest absolute Gasteiger partial charge is 0.248 e. The summed E-state index contributed by atoms with van der Waals surface area (Å²) in [5.41, 5.74) is 21.1. The van der Waals surface area contributed by atoms with Crippen LogP contribution in [0, 0.1) is 0 Å². The van der Waals surface area contributed by atoms with Crippen molar-refractivity contribution in [1.82, 2.24) is 0 Å². The van der Waals surface area contributed by atoms with Crippen molar-refractivity contribution in [1.29, 1.82) is 0 Å². The molecular weight excluding hydrogens is 529 g/mol. The molecule has 4 aromatic carbocycles. The third kappa shape index (κ3) is 3.55. The fourth-order valence-electron chi connectivity index (χ4n) is 8.38. The Bertz CT molecular complexity index is 2070. The van der Waals surface area contributed by atoms with Crippen molar-refractivity contribution in [3.8, 4) is 11.1 Å². The fraction of sp³-hybridized carbons (Fsp3) is 0.238. The molecule has 9 rings (SSSR count). The van der Waals surface area contributed by atoms with E-state index in [0.717, 1.165) is 6.42 Å². The molecule has 1 nitrogen and oxygen atoms in total. The molecule has 214 valence electrons. The summed E-state index contributed by atoms with van der Waals surface area (Å²) < 4.78 is 0. The van der Waals surface area contributed by atoms with E-state index in [1.165, 1.54) is 83.5 Å². The van der Waals surface area contributed by atoms with E-state index < -0.39 is 0 Å². The van der Waals surface area contributed by atoms with Gasteiger partial charge >= 0.3 is 0 Å². The normalized spacial score (nSPS) is 18.4. The predicted molar refractivity (Wildman–Crippen MR) is 189 cm³/mol. The molecule has 0 N–H and O–H groups in total. The average molecular weight is 568 g/mol. The molecule has 1 unspecified atom stereocenters. The second-order valence-electron chi connectivity index (χ2n) is 15.4. The van der Waals surface area contributed by atoms with Crippen molar-refractivity contribution >= 4 is 46.2 Å².